The molecule has 28 heavy (non-hydrogen) atoms. The zero-order valence-corrected chi connectivity index (χ0v) is 16.9. The first-order valence-electron chi connectivity index (χ1n) is 10.2. The van der Waals surface area contributed by atoms with E-state index in [-0.39, 0.29) is 1.43 Å². The molecule has 0 amide bonds. The van der Waals surface area contributed by atoms with Crippen LogP contribution in [0.4, 0.5) is 0 Å². The van der Waals surface area contributed by atoms with Crippen molar-refractivity contribution in [3.63, 3.8) is 0 Å². The molecule has 4 rings (SSSR count). The van der Waals surface area contributed by atoms with Crippen molar-refractivity contribution in [1.82, 2.24) is 25.1 Å². The van der Waals surface area contributed by atoms with Crippen molar-refractivity contribution in [1.29, 1.82) is 0 Å². The van der Waals surface area contributed by atoms with Gasteiger partial charge in [0.1, 0.15) is 0 Å². The molecule has 0 atom stereocenters. The molecule has 1 aliphatic heterocycles. The Bertz CT molecular complexity index is 926. The van der Waals surface area contributed by atoms with E-state index in [2.05, 4.69) is 69.3 Å². The van der Waals surface area contributed by atoms with E-state index < -0.39 is 0 Å². The van der Waals surface area contributed by atoms with Gasteiger partial charge in [0.2, 0.25) is 0 Å². The Morgan fingerprint density at radius 1 is 1.04 bits per heavy atom. The first-order valence-corrected chi connectivity index (χ1v) is 10.2. The molecule has 0 spiro atoms. The third kappa shape index (κ3) is 4.25. The molecular formula is C23H31N5. The molecule has 0 saturated carbocycles. The highest BCUT2D eigenvalue weighted by molar-refractivity contribution is 5.74. The Labute approximate surface area is 169 Å². The van der Waals surface area contributed by atoms with Crippen molar-refractivity contribution < 1.29 is 1.43 Å². The third-order valence-electron chi connectivity index (χ3n) is 5.60. The van der Waals surface area contributed by atoms with Crippen LogP contribution in [0.2, 0.25) is 0 Å². The van der Waals surface area contributed by atoms with Gasteiger partial charge in [0.05, 0.1) is 22.4 Å². The number of likely N-dealkylation sites (N-methyl/N-ethyl adjacent to an activating group) is 1. The Morgan fingerprint density at radius 3 is 2.61 bits per heavy atom. The van der Waals surface area contributed by atoms with Crippen LogP contribution < -0.4 is 5.32 Å². The number of fused-ring (bicyclic) bond motifs is 1. The summed E-state index contributed by atoms with van der Waals surface area (Å²) in [6, 6.07) is 6.30. The van der Waals surface area contributed by atoms with E-state index in [4.69, 9.17) is 0 Å². The van der Waals surface area contributed by atoms with Crippen molar-refractivity contribution in [2.24, 2.45) is 0 Å². The lowest BCUT2D eigenvalue weighted by Gasteiger charge is -2.37. The summed E-state index contributed by atoms with van der Waals surface area (Å²) < 4.78 is 0. The molecule has 1 aromatic heterocycles. The SMILES string of the molecule is CCN1CCN(C2=CCC(C)=CC=C2NCc2ccc3nccnc3c2)CC1.[HH]. The maximum Gasteiger partial charge on any atom is 0.0890 e. The number of piperazine rings is 1. The van der Waals surface area contributed by atoms with Crippen LogP contribution in [0.15, 0.2) is 65.8 Å². The van der Waals surface area contributed by atoms with E-state index in [0.717, 1.165) is 56.7 Å². The number of allylic oxidation sites excluding steroid dienone is 4. The van der Waals surface area contributed by atoms with Gasteiger partial charge in [0.25, 0.3) is 0 Å². The van der Waals surface area contributed by atoms with Crippen molar-refractivity contribution in [2.75, 3.05) is 32.7 Å². The molecule has 148 valence electrons. The van der Waals surface area contributed by atoms with Crippen LogP contribution >= 0.6 is 0 Å². The topological polar surface area (TPSA) is 44.3 Å². The van der Waals surface area contributed by atoms with Gasteiger partial charge in [0.15, 0.2) is 0 Å². The van der Waals surface area contributed by atoms with Crippen molar-refractivity contribution in [3.8, 4) is 0 Å². The van der Waals surface area contributed by atoms with E-state index in [1.807, 2.05) is 6.07 Å². The number of hydrogen-bond donors (Lipinski definition) is 1. The molecular weight excluding hydrogens is 346 g/mol. The maximum absolute atomic E-state index is 4.43. The number of hydrogen-bond acceptors (Lipinski definition) is 5. The number of rotatable bonds is 5. The molecule has 2 aliphatic rings. The van der Waals surface area contributed by atoms with Crippen LogP contribution in [-0.4, -0.2) is 52.5 Å². The van der Waals surface area contributed by atoms with E-state index in [9.17, 15) is 0 Å². The Balaban J connectivity index is 0.00000240. The minimum atomic E-state index is 0. The van der Waals surface area contributed by atoms with E-state index >= 15 is 0 Å². The smallest absolute Gasteiger partial charge is 0.0890 e. The molecule has 1 aliphatic carbocycles. The Morgan fingerprint density at radius 2 is 1.82 bits per heavy atom. The molecule has 1 fully saturated rings. The lowest BCUT2D eigenvalue weighted by Crippen LogP contribution is -2.46. The normalized spacial score (nSPS) is 18.4. The molecule has 5 heteroatoms. The first-order chi connectivity index (χ1) is 13.7. The minimum absolute atomic E-state index is 0. The standard InChI is InChI=1S/C23H29N5.H2/c1-3-27-12-14-28(15-13-27)23-9-5-18(2)4-7-21(23)26-17-19-6-8-20-22(16-19)25-11-10-24-20;/h4,6-11,16,26H,3,5,12-15,17H2,1-2H3;1H. The Hall–Kier alpha value is -2.66. The zero-order chi connectivity index (χ0) is 19.3. The summed E-state index contributed by atoms with van der Waals surface area (Å²) >= 11 is 0. The number of nitrogens with zero attached hydrogens (tertiary/aromatic N) is 4. The van der Waals surface area contributed by atoms with Gasteiger partial charge >= 0.3 is 0 Å². The molecule has 0 radical (unpaired) electrons. The highest BCUT2D eigenvalue weighted by atomic mass is 15.3. The summed E-state index contributed by atoms with van der Waals surface area (Å²) in [5.74, 6) is 0. The fraction of sp³-hybridized carbons (Fsp3) is 0.391. The average Bonchev–Trinajstić information content (AvgIpc) is 2.93. The molecule has 2 aromatic rings. The quantitative estimate of drug-likeness (QED) is 0.860. The molecule has 1 saturated heterocycles. The predicted molar refractivity (Wildman–Crippen MR) is 117 cm³/mol. The summed E-state index contributed by atoms with van der Waals surface area (Å²) in [7, 11) is 0. The second-order valence-electron chi connectivity index (χ2n) is 7.54. The zero-order valence-electron chi connectivity index (χ0n) is 16.9. The highest BCUT2D eigenvalue weighted by Gasteiger charge is 2.20. The van der Waals surface area contributed by atoms with Crippen molar-refractivity contribution in [3.05, 3.63) is 71.4 Å². The molecule has 1 aromatic carbocycles. The van der Waals surface area contributed by atoms with Gasteiger partial charge < -0.3 is 15.1 Å². The van der Waals surface area contributed by atoms with Crippen molar-refractivity contribution in [2.45, 2.75) is 26.8 Å². The van der Waals surface area contributed by atoms with Crippen LogP contribution in [0.25, 0.3) is 11.0 Å². The molecule has 5 nitrogen and oxygen atoms in total. The predicted octanol–water partition coefficient (Wildman–Crippen LogP) is 3.72. The highest BCUT2D eigenvalue weighted by Crippen LogP contribution is 2.22. The van der Waals surface area contributed by atoms with Crippen LogP contribution in [0.1, 0.15) is 27.3 Å². The summed E-state index contributed by atoms with van der Waals surface area (Å²) in [5.41, 5.74) is 7.04. The summed E-state index contributed by atoms with van der Waals surface area (Å²) in [5, 5.41) is 3.68. The van der Waals surface area contributed by atoms with Crippen LogP contribution in [0.5, 0.6) is 0 Å². The van der Waals surface area contributed by atoms with Gasteiger partial charge in [-0.15, -0.1) is 0 Å². The second-order valence-corrected chi connectivity index (χ2v) is 7.54. The van der Waals surface area contributed by atoms with Crippen LogP contribution in [0, 0.1) is 0 Å². The number of aromatic nitrogens is 2. The lowest BCUT2D eigenvalue weighted by atomic mass is 10.1. The van der Waals surface area contributed by atoms with Crippen LogP contribution in [-0.2, 0) is 6.54 Å². The van der Waals surface area contributed by atoms with Crippen LogP contribution in [0.3, 0.4) is 0 Å². The Kier molecular flexibility index (Phi) is 5.72. The minimum Gasteiger partial charge on any atom is -0.379 e. The van der Waals surface area contributed by atoms with Gasteiger partial charge in [-0.25, -0.2) is 0 Å². The van der Waals surface area contributed by atoms with E-state index in [0.29, 0.717) is 0 Å². The first kappa shape index (κ1) is 18.7. The van der Waals surface area contributed by atoms with Gasteiger partial charge in [-0.2, -0.15) is 0 Å². The molecule has 0 unspecified atom stereocenters. The third-order valence-corrected chi connectivity index (χ3v) is 5.60. The number of nitrogens with one attached hydrogen (secondary N) is 1. The molecule has 1 N–H and O–H groups in total. The average molecular weight is 378 g/mol. The fourth-order valence-corrected chi connectivity index (χ4v) is 3.82. The van der Waals surface area contributed by atoms with Gasteiger partial charge in [-0.3, -0.25) is 9.97 Å². The summed E-state index contributed by atoms with van der Waals surface area (Å²) in [6.07, 6.45) is 11.3. The summed E-state index contributed by atoms with van der Waals surface area (Å²) in [4.78, 5) is 13.8. The summed E-state index contributed by atoms with van der Waals surface area (Å²) in [6.45, 7) is 10.8. The van der Waals surface area contributed by atoms with Gasteiger partial charge in [-0.1, -0.05) is 30.7 Å². The van der Waals surface area contributed by atoms with Gasteiger partial charge in [-0.05, 0) is 43.7 Å². The van der Waals surface area contributed by atoms with E-state index in [1.54, 1.807) is 12.4 Å². The maximum atomic E-state index is 4.43. The monoisotopic (exact) mass is 377 g/mol. The van der Waals surface area contributed by atoms with Crippen molar-refractivity contribution >= 4 is 11.0 Å². The molecule has 0 bridgehead atoms. The number of benzene rings is 1. The van der Waals surface area contributed by atoms with Gasteiger partial charge in [0, 0.05) is 46.5 Å². The lowest BCUT2D eigenvalue weighted by molar-refractivity contribution is 0.166. The second kappa shape index (κ2) is 8.57. The fourth-order valence-electron chi connectivity index (χ4n) is 3.82. The molecule has 2 heterocycles. The van der Waals surface area contributed by atoms with E-state index in [1.165, 1.54) is 22.5 Å². The largest absolute Gasteiger partial charge is 0.379 e.